The van der Waals surface area contributed by atoms with Crippen LogP contribution >= 0.6 is 0 Å². The molecule has 2 heterocycles. The Morgan fingerprint density at radius 3 is 2.63 bits per heavy atom. The summed E-state index contributed by atoms with van der Waals surface area (Å²) in [7, 11) is 1.54. The molecular weight excluding hydrogens is 363 g/mol. The standard InChI is InChI=1S/C17H18F3N5O2/c1-26-11-15-22-16(27-23-15)10-24-4-6-25(7-5-24)13-3-2-12(9-21)14(8-13)17(18,19)20/h2-3,8H,4-7,10-11H2,1H3. The highest BCUT2D eigenvalue weighted by Crippen LogP contribution is 2.34. The number of hydrogen-bond acceptors (Lipinski definition) is 7. The number of rotatable bonds is 5. The molecule has 0 amide bonds. The molecule has 0 radical (unpaired) electrons. The van der Waals surface area contributed by atoms with Crippen LogP contribution in [0.4, 0.5) is 18.9 Å². The predicted molar refractivity (Wildman–Crippen MR) is 88.7 cm³/mol. The number of benzene rings is 1. The van der Waals surface area contributed by atoms with Gasteiger partial charge in [-0.2, -0.15) is 23.4 Å². The molecular formula is C17H18F3N5O2. The molecule has 3 rings (SSSR count). The third kappa shape index (κ3) is 4.56. The van der Waals surface area contributed by atoms with Gasteiger partial charge in [0.25, 0.3) is 0 Å². The van der Waals surface area contributed by atoms with Crippen molar-refractivity contribution >= 4 is 5.69 Å². The van der Waals surface area contributed by atoms with Crippen LogP contribution in [-0.2, 0) is 24.1 Å². The highest BCUT2D eigenvalue weighted by atomic mass is 19.4. The molecule has 27 heavy (non-hydrogen) atoms. The number of ether oxygens (including phenoxy) is 1. The first-order valence-electron chi connectivity index (χ1n) is 8.29. The summed E-state index contributed by atoms with van der Waals surface area (Å²) in [6.07, 6.45) is -4.55. The Morgan fingerprint density at radius 1 is 1.26 bits per heavy atom. The van der Waals surface area contributed by atoms with Gasteiger partial charge in [0.15, 0.2) is 5.82 Å². The van der Waals surface area contributed by atoms with Crippen LogP contribution in [0, 0.1) is 11.3 Å². The van der Waals surface area contributed by atoms with Gasteiger partial charge >= 0.3 is 6.18 Å². The topological polar surface area (TPSA) is 78.4 Å². The zero-order valence-electron chi connectivity index (χ0n) is 14.7. The molecule has 1 aliphatic rings. The molecule has 0 unspecified atom stereocenters. The molecule has 1 fully saturated rings. The van der Waals surface area contributed by atoms with Crippen molar-refractivity contribution < 1.29 is 22.4 Å². The SMILES string of the molecule is COCc1noc(CN2CCN(c3ccc(C#N)c(C(F)(F)F)c3)CC2)n1. The largest absolute Gasteiger partial charge is 0.417 e. The van der Waals surface area contributed by atoms with Crippen LogP contribution in [0.15, 0.2) is 22.7 Å². The lowest BCUT2D eigenvalue weighted by Gasteiger charge is -2.35. The summed E-state index contributed by atoms with van der Waals surface area (Å²) in [4.78, 5) is 8.18. The van der Waals surface area contributed by atoms with Crippen molar-refractivity contribution in [1.29, 1.82) is 5.26 Å². The number of halogens is 3. The van der Waals surface area contributed by atoms with E-state index >= 15 is 0 Å². The zero-order chi connectivity index (χ0) is 19.4. The van der Waals surface area contributed by atoms with Crippen LogP contribution in [0.1, 0.15) is 22.8 Å². The third-order valence-electron chi connectivity index (χ3n) is 4.31. The monoisotopic (exact) mass is 381 g/mol. The van der Waals surface area contributed by atoms with Gasteiger partial charge in [0, 0.05) is 39.0 Å². The second kappa shape index (κ2) is 7.94. The molecule has 10 heteroatoms. The van der Waals surface area contributed by atoms with Crippen molar-refractivity contribution in [2.75, 3.05) is 38.2 Å². The van der Waals surface area contributed by atoms with Crippen LogP contribution < -0.4 is 4.90 Å². The van der Waals surface area contributed by atoms with Crippen LogP contribution in [0.2, 0.25) is 0 Å². The van der Waals surface area contributed by atoms with Crippen molar-refractivity contribution in [2.45, 2.75) is 19.3 Å². The van der Waals surface area contributed by atoms with Crippen LogP contribution in [-0.4, -0.2) is 48.3 Å². The maximum Gasteiger partial charge on any atom is 0.417 e. The first-order valence-corrected chi connectivity index (χ1v) is 8.29. The van der Waals surface area contributed by atoms with Crippen molar-refractivity contribution in [3.8, 4) is 6.07 Å². The Labute approximate surface area is 153 Å². The molecule has 144 valence electrons. The Balaban J connectivity index is 1.62. The van der Waals surface area contributed by atoms with Crippen LogP contribution in [0.3, 0.4) is 0 Å². The van der Waals surface area contributed by atoms with Crippen molar-refractivity contribution in [3.63, 3.8) is 0 Å². The van der Waals surface area contributed by atoms with E-state index < -0.39 is 11.7 Å². The van der Waals surface area contributed by atoms with Crippen molar-refractivity contribution in [1.82, 2.24) is 15.0 Å². The van der Waals surface area contributed by atoms with E-state index in [1.165, 1.54) is 6.07 Å². The van der Waals surface area contributed by atoms with Crippen LogP contribution in [0.25, 0.3) is 0 Å². The van der Waals surface area contributed by atoms with Gasteiger partial charge in [0.05, 0.1) is 23.7 Å². The number of anilines is 1. The first kappa shape index (κ1) is 19.1. The third-order valence-corrected chi connectivity index (χ3v) is 4.31. The molecule has 1 aliphatic heterocycles. The normalized spacial score (nSPS) is 15.7. The highest BCUT2D eigenvalue weighted by Gasteiger charge is 2.34. The fourth-order valence-electron chi connectivity index (χ4n) is 2.96. The van der Waals surface area contributed by atoms with Gasteiger partial charge in [-0.3, -0.25) is 4.90 Å². The number of aromatic nitrogens is 2. The number of nitrogens with zero attached hydrogens (tertiary/aromatic N) is 5. The first-order chi connectivity index (χ1) is 12.9. The van der Waals surface area contributed by atoms with E-state index in [4.69, 9.17) is 14.5 Å². The van der Waals surface area contributed by atoms with Gasteiger partial charge < -0.3 is 14.2 Å². The lowest BCUT2D eigenvalue weighted by molar-refractivity contribution is -0.137. The van der Waals surface area contributed by atoms with E-state index in [2.05, 4.69) is 15.0 Å². The summed E-state index contributed by atoms with van der Waals surface area (Å²) in [6.45, 7) is 3.15. The summed E-state index contributed by atoms with van der Waals surface area (Å²) in [5.41, 5.74) is -0.809. The number of alkyl halides is 3. The molecule has 0 N–H and O–H groups in total. The van der Waals surface area contributed by atoms with E-state index in [0.717, 1.165) is 6.07 Å². The minimum atomic E-state index is -4.55. The number of methoxy groups -OCH3 is 1. The van der Waals surface area contributed by atoms with E-state index in [9.17, 15) is 13.2 Å². The minimum absolute atomic E-state index is 0.275. The Hall–Kier alpha value is -2.64. The van der Waals surface area contributed by atoms with E-state index in [1.54, 1.807) is 19.2 Å². The number of piperazine rings is 1. The smallest absolute Gasteiger partial charge is 0.377 e. The second-order valence-electron chi connectivity index (χ2n) is 6.14. The quantitative estimate of drug-likeness (QED) is 0.787. The lowest BCUT2D eigenvalue weighted by Crippen LogP contribution is -2.46. The molecule has 0 saturated carbocycles. The molecule has 7 nitrogen and oxygen atoms in total. The Kier molecular flexibility index (Phi) is 5.62. The molecule has 1 aromatic carbocycles. The van der Waals surface area contributed by atoms with Gasteiger partial charge in [0.1, 0.15) is 6.61 Å². The molecule has 0 aliphatic carbocycles. The average Bonchev–Trinajstić information content (AvgIpc) is 3.08. The maximum atomic E-state index is 13.1. The highest BCUT2D eigenvalue weighted by molar-refractivity contribution is 5.55. The fourth-order valence-corrected chi connectivity index (χ4v) is 2.96. The molecule has 1 saturated heterocycles. The Morgan fingerprint density at radius 2 is 2.00 bits per heavy atom. The molecule has 2 aromatic rings. The molecule has 0 bridgehead atoms. The lowest BCUT2D eigenvalue weighted by atomic mass is 10.1. The van der Waals surface area contributed by atoms with Crippen molar-refractivity contribution in [2.24, 2.45) is 0 Å². The van der Waals surface area contributed by atoms with Crippen molar-refractivity contribution in [3.05, 3.63) is 41.0 Å². The summed E-state index contributed by atoms with van der Waals surface area (Å²) in [6, 6.07) is 5.42. The molecule has 0 spiro atoms. The van der Waals surface area contributed by atoms with Gasteiger partial charge in [-0.25, -0.2) is 0 Å². The summed E-state index contributed by atoms with van der Waals surface area (Å²) < 4.78 is 49.5. The Bertz CT molecular complexity index is 823. The zero-order valence-corrected chi connectivity index (χ0v) is 14.7. The maximum absolute atomic E-state index is 13.1. The van der Waals surface area contributed by atoms with Gasteiger partial charge in [-0.05, 0) is 18.2 Å². The minimum Gasteiger partial charge on any atom is -0.377 e. The number of nitriles is 1. The second-order valence-corrected chi connectivity index (χ2v) is 6.14. The fraction of sp³-hybridized carbons (Fsp3) is 0.471. The summed E-state index contributed by atoms with van der Waals surface area (Å²) >= 11 is 0. The molecule has 1 aromatic heterocycles. The summed E-state index contributed by atoms with van der Waals surface area (Å²) in [5, 5.41) is 12.7. The van der Waals surface area contributed by atoms with E-state index in [-0.39, 0.29) is 12.2 Å². The van der Waals surface area contributed by atoms with Gasteiger partial charge in [0.2, 0.25) is 5.89 Å². The molecule has 0 atom stereocenters. The van der Waals surface area contributed by atoms with Crippen LogP contribution in [0.5, 0.6) is 0 Å². The predicted octanol–water partition coefficient (Wildman–Crippen LogP) is 2.43. The van der Waals surface area contributed by atoms with E-state index in [1.807, 2.05) is 4.90 Å². The number of hydrogen-bond donors (Lipinski definition) is 0. The van der Waals surface area contributed by atoms with E-state index in [0.29, 0.717) is 50.1 Å². The average molecular weight is 381 g/mol. The van der Waals surface area contributed by atoms with Gasteiger partial charge in [-0.15, -0.1) is 0 Å². The van der Waals surface area contributed by atoms with Gasteiger partial charge in [-0.1, -0.05) is 5.16 Å². The summed E-state index contributed by atoms with van der Waals surface area (Å²) in [5.74, 6) is 0.955.